The van der Waals surface area contributed by atoms with Gasteiger partial charge in [-0.3, -0.25) is 24.0 Å². The first-order valence-electron chi connectivity index (χ1n) is 32.2. The minimum Gasteiger partial charge on any atom is -0.496 e. The average molecular weight is 2040 g/mol. The summed E-state index contributed by atoms with van der Waals surface area (Å²) in [6.07, 6.45) is 0.781. The van der Waals surface area contributed by atoms with Crippen molar-refractivity contribution in [2.24, 2.45) is 0 Å². The third-order valence-corrected chi connectivity index (χ3v) is 25.3. The Morgan fingerprint density at radius 1 is 0.269 bits per heavy atom. The van der Waals surface area contributed by atoms with Crippen LogP contribution in [0.15, 0.2) is 109 Å². The number of carbonyl (C=O) groups is 10. The van der Waals surface area contributed by atoms with Crippen molar-refractivity contribution in [3.05, 3.63) is 298 Å². The number of aromatic carboxylic acids is 5. The number of hydrogen-bond donors (Lipinski definition) is 10. The van der Waals surface area contributed by atoms with Crippen molar-refractivity contribution < 1.29 is 78.2 Å². The number of amides is 5. The minimum absolute atomic E-state index is 0.180. The summed E-state index contributed by atoms with van der Waals surface area (Å²) >= 11 is 125. The quantitative estimate of drug-likeness (QED) is 0.0299. The number of nitrogens with one attached hydrogen (secondary N) is 5. The van der Waals surface area contributed by atoms with Gasteiger partial charge >= 0.3 is 29.8 Å². The van der Waals surface area contributed by atoms with Gasteiger partial charge in [-0.15, -0.1) is 0 Å². The van der Waals surface area contributed by atoms with Crippen molar-refractivity contribution in [1.29, 1.82) is 0 Å². The third-order valence-electron chi connectivity index (χ3n) is 15.8. The van der Waals surface area contributed by atoms with E-state index in [1.165, 1.54) is 13.2 Å². The number of halogens is 21. The van der Waals surface area contributed by atoms with Crippen LogP contribution >= 0.6 is 244 Å². The monoisotopic (exact) mass is 2030 g/mol. The number of carboxylic acid groups (broad SMARTS) is 5. The highest BCUT2D eigenvalue weighted by Gasteiger charge is 2.35. The standard InChI is InChI=1S/C16H11Cl4NO4.C16H11Cl4NO3.C15H8Cl5NO3.2C15H9Cl4NO3/c1-6-3-4-7(5-8(6)25-2)21-15(22)9-10(16(23)24)12(18)14(20)13(19)11(9)17;1-2-7-4-3-5-8(6-7)21-15(22)9-10(16(23)24)12(18)14(20)13(19)11(9)17;1-5-2-3-6(4-7(5)16)21-14(22)8-9(15(23)24)11(18)13(20)12(19)10(8)17;2*1-6-2-4-7(5-3-6)20-14(21)8-9(15(22)23)11(17)13(19)12(18)10(8)16/h3-5H,1-2H3,(H,21,22)(H,23,24);3-6H,2H2,1H3,(H,21,22)(H,23,24);2-4H,1H3,(H,21,22)(H,23,24);2*2-5H,1H3,(H,20,21)(H,22,23). The van der Waals surface area contributed by atoms with Gasteiger partial charge < -0.3 is 56.9 Å². The molecule has 10 aromatic rings. The number of carbonyl (C=O) groups excluding carboxylic acids is 5. The second-order valence-electron chi connectivity index (χ2n) is 23.8. The Balaban J connectivity index is 0.000000231. The third kappa shape index (κ3) is 24.2. The van der Waals surface area contributed by atoms with Gasteiger partial charge in [0.05, 0.1) is 163 Å². The zero-order valence-electron chi connectivity index (χ0n) is 60.3. The van der Waals surface area contributed by atoms with E-state index in [1.54, 1.807) is 104 Å². The van der Waals surface area contributed by atoms with E-state index in [0.29, 0.717) is 39.2 Å². The van der Waals surface area contributed by atoms with E-state index < -0.39 is 87.2 Å². The van der Waals surface area contributed by atoms with Gasteiger partial charge in [0.25, 0.3) is 29.5 Å². The lowest BCUT2D eigenvalue weighted by atomic mass is 10.1. The van der Waals surface area contributed by atoms with Crippen LogP contribution in [0.25, 0.3) is 0 Å². The smallest absolute Gasteiger partial charge is 0.338 e. The van der Waals surface area contributed by atoms with Gasteiger partial charge in [0.15, 0.2) is 0 Å². The van der Waals surface area contributed by atoms with E-state index in [2.05, 4.69) is 26.6 Å². The van der Waals surface area contributed by atoms with Crippen molar-refractivity contribution in [2.75, 3.05) is 33.7 Å². The zero-order valence-corrected chi connectivity index (χ0v) is 76.1. The molecule has 0 aromatic heterocycles. The second-order valence-corrected chi connectivity index (χ2v) is 31.7. The molecular weight excluding hydrogens is 2000 g/mol. The zero-order chi connectivity index (χ0) is 89.7. The Labute approximate surface area is 780 Å². The summed E-state index contributed by atoms with van der Waals surface area (Å²) in [6.45, 7) is 9.39. The lowest BCUT2D eigenvalue weighted by molar-refractivity contribution is 0.0683. The Morgan fingerprint density at radius 2 is 0.487 bits per heavy atom. The first kappa shape index (κ1) is 101. The van der Waals surface area contributed by atoms with Crippen LogP contribution < -0.4 is 31.3 Å². The first-order chi connectivity index (χ1) is 55.6. The van der Waals surface area contributed by atoms with Crippen molar-refractivity contribution in [1.82, 2.24) is 0 Å². The highest BCUT2D eigenvalue weighted by Crippen LogP contribution is 2.48. The van der Waals surface area contributed by atoms with E-state index in [4.69, 9.17) is 248 Å². The van der Waals surface area contributed by atoms with E-state index >= 15 is 0 Å². The molecule has 0 atom stereocenters. The van der Waals surface area contributed by atoms with Gasteiger partial charge in [-0.05, 0) is 105 Å². The van der Waals surface area contributed by atoms with Gasteiger partial charge in [0, 0.05) is 39.5 Å². The Kier molecular flexibility index (Phi) is 37.4. The van der Waals surface area contributed by atoms with Crippen LogP contribution in [0.3, 0.4) is 0 Å². The Hall–Kier alpha value is -7.21. The molecule has 0 aliphatic rings. The maximum Gasteiger partial charge on any atom is 0.338 e. The molecule has 21 nitrogen and oxygen atoms in total. The molecule has 624 valence electrons. The van der Waals surface area contributed by atoms with Gasteiger partial charge in [0.2, 0.25) is 0 Å². The number of carboxylic acids is 5. The molecule has 42 heteroatoms. The van der Waals surface area contributed by atoms with E-state index in [9.17, 15) is 73.5 Å². The number of ether oxygens (including phenoxy) is 1. The fourth-order valence-corrected chi connectivity index (χ4v) is 15.2. The summed E-state index contributed by atoms with van der Waals surface area (Å²) in [7, 11) is 1.49. The van der Waals surface area contributed by atoms with Crippen molar-refractivity contribution >= 4 is 331 Å². The van der Waals surface area contributed by atoms with E-state index in [-0.39, 0.29) is 128 Å². The highest BCUT2D eigenvalue weighted by molar-refractivity contribution is 6.59. The predicted molar refractivity (Wildman–Crippen MR) is 479 cm³/mol. The topological polar surface area (TPSA) is 341 Å². The van der Waals surface area contributed by atoms with Crippen molar-refractivity contribution in [3.8, 4) is 5.75 Å². The van der Waals surface area contributed by atoms with Gasteiger partial charge in [-0.1, -0.05) is 310 Å². The van der Waals surface area contributed by atoms with E-state index in [0.717, 1.165) is 34.2 Å². The molecule has 10 rings (SSSR count). The number of anilines is 5. The molecule has 0 aliphatic heterocycles. The summed E-state index contributed by atoms with van der Waals surface area (Å²) < 4.78 is 5.18. The number of benzene rings is 10. The molecule has 0 bridgehead atoms. The fourth-order valence-electron chi connectivity index (χ4n) is 9.91. The van der Waals surface area contributed by atoms with Gasteiger partial charge in [-0.2, -0.15) is 0 Å². The number of rotatable bonds is 17. The summed E-state index contributed by atoms with van der Waals surface area (Å²) in [4.78, 5) is 120. The van der Waals surface area contributed by atoms with Crippen LogP contribution in [0, 0.1) is 27.7 Å². The largest absolute Gasteiger partial charge is 0.496 e. The maximum absolute atomic E-state index is 12.6. The van der Waals surface area contributed by atoms with Crippen LogP contribution in [-0.4, -0.2) is 92.0 Å². The lowest BCUT2D eigenvalue weighted by Crippen LogP contribution is -2.18. The molecule has 0 fully saturated rings. The minimum atomic E-state index is -1.47. The first-order valence-corrected chi connectivity index (χ1v) is 40.2. The lowest BCUT2D eigenvalue weighted by Gasteiger charge is -2.14. The molecular formula is C77H48Cl21N5O16. The molecule has 0 aliphatic carbocycles. The molecule has 0 saturated heterocycles. The van der Waals surface area contributed by atoms with Crippen LogP contribution in [0.1, 0.15) is 138 Å². The molecule has 10 N–H and O–H groups in total. The fraction of sp³-hybridized carbons (Fsp3) is 0.0909. The number of hydrogen-bond acceptors (Lipinski definition) is 11. The van der Waals surface area contributed by atoms with E-state index in [1.807, 2.05) is 33.8 Å². The van der Waals surface area contributed by atoms with Gasteiger partial charge in [0.1, 0.15) is 5.75 Å². The van der Waals surface area contributed by atoms with Crippen molar-refractivity contribution in [2.45, 2.75) is 41.0 Å². The Bertz CT molecular complexity index is 5680. The average Bonchev–Trinajstić information content (AvgIpc) is 0.795. The number of methoxy groups -OCH3 is 1. The molecule has 10 aromatic carbocycles. The molecule has 0 spiro atoms. The molecule has 0 heterocycles. The van der Waals surface area contributed by atoms with Crippen molar-refractivity contribution in [3.63, 3.8) is 0 Å². The molecule has 0 unspecified atom stereocenters. The van der Waals surface area contributed by atoms with Crippen LogP contribution in [0.5, 0.6) is 5.75 Å². The highest BCUT2D eigenvalue weighted by atomic mass is 35.5. The molecule has 119 heavy (non-hydrogen) atoms. The molecule has 5 amide bonds. The summed E-state index contributed by atoms with van der Waals surface area (Å²) in [5.41, 5.74) is 2.47. The Morgan fingerprint density at radius 3 is 0.723 bits per heavy atom. The van der Waals surface area contributed by atoms with Crippen LogP contribution in [0.4, 0.5) is 28.4 Å². The van der Waals surface area contributed by atoms with Crippen LogP contribution in [0.2, 0.25) is 105 Å². The van der Waals surface area contributed by atoms with Gasteiger partial charge in [-0.25, -0.2) is 24.0 Å². The summed E-state index contributed by atoms with van der Waals surface area (Å²) in [5.74, 6) is -10.5. The molecule has 0 radical (unpaired) electrons. The maximum atomic E-state index is 12.6. The summed E-state index contributed by atoms with van der Waals surface area (Å²) in [6, 6.07) is 30.7. The SMILES string of the molecule is CCc1cccc(NC(=O)c2c(Cl)c(Cl)c(Cl)c(Cl)c2C(=O)O)c1.COc1cc(NC(=O)c2c(Cl)c(Cl)c(Cl)c(Cl)c2C(=O)O)ccc1C.Cc1ccc(NC(=O)c2c(Cl)c(Cl)c(Cl)c(Cl)c2C(=O)O)cc1.Cc1ccc(NC(=O)c2c(Cl)c(Cl)c(Cl)c(Cl)c2C(=O)O)cc1.Cc1ccc(NC(=O)c2c(Cl)c(Cl)c(Cl)c(Cl)c2C(=O)O)cc1Cl. The second kappa shape index (κ2) is 44.2. The summed E-state index contributed by atoms with van der Waals surface area (Å²) in [5, 5.41) is 54.6. The molecule has 0 saturated carbocycles. The normalized spacial score (nSPS) is 10.5. The van der Waals surface area contributed by atoms with Crippen LogP contribution in [-0.2, 0) is 6.42 Å². The number of aryl methyl sites for hydroxylation is 5. The predicted octanol–water partition coefficient (Wildman–Crippen LogP) is 28.7.